The maximum absolute atomic E-state index is 12.4. The van der Waals surface area contributed by atoms with E-state index in [1.165, 1.54) is 12.1 Å². The SMILES string of the molecule is CC(N)c1cnc(Nc2ccc(C(F)(F)F)cc2)nc1. The molecule has 2 aromatic rings. The average Bonchev–Trinajstić information content (AvgIpc) is 2.39. The summed E-state index contributed by atoms with van der Waals surface area (Å²) < 4.78 is 37.2. The minimum atomic E-state index is -4.34. The van der Waals surface area contributed by atoms with Gasteiger partial charge in [-0.15, -0.1) is 0 Å². The number of hydrogen-bond acceptors (Lipinski definition) is 4. The first-order chi connectivity index (χ1) is 9.36. The van der Waals surface area contributed by atoms with Crippen molar-refractivity contribution in [3.8, 4) is 0 Å². The summed E-state index contributed by atoms with van der Waals surface area (Å²) in [6, 6.07) is 4.48. The van der Waals surface area contributed by atoms with Crippen LogP contribution in [0, 0.1) is 0 Å². The van der Waals surface area contributed by atoms with Gasteiger partial charge in [-0.1, -0.05) is 0 Å². The van der Waals surface area contributed by atoms with Crippen LogP contribution in [-0.4, -0.2) is 9.97 Å². The highest BCUT2D eigenvalue weighted by Gasteiger charge is 2.29. The predicted octanol–water partition coefficient (Wildman–Crippen LogP) is 3.26. The second-order valence-electron chi connectivity index (χ2n) is 4.33. The highest BCUT2D eigenvalue weighted by Crippen LogP contribution is 2.30. The van der Waals surface area contributed by atoms with Crippen LogP contribution in [0.4, 0.5) is 24.8 Å². The summed E-state index contributed by atoms with van der Waals surface area (Å²) in [5.41, 5.74) is 6.23. The fourth-order valence-electron chi connectivity index (χ4n) is 1.51. The molecule has 0 saturated carbocycles. The smallest absolute Gasteiger partial charge is 0.324 e. The molecule has 7 heteroatoms. The van der Waals surface area contributed by atoms with Crippen LogP contribution < -0.4 is 11.1 Å². The fourth-order valence-corrected chi connectivity index (χ4v) is 1.51. The van der Waals surface area contributed by atoms with Crippen molar-refractivity contribution in [2.24, 2.45) is 5.73 Å². The molecule has 0 saturated heterocycles. The molecule has 0 aliphatic rings. The molecule has 0 bridgehead atoms. The molecular weight excluding hydrogens is 269 g/mol. The molecule has 106 valence electrons. The van der Waals surface area contributed by atoms with Gasteiger partial charge in [0.25, 0.3) is 0 Å². The van der Waals surface area contributed by atoms with Crippen molar-refractivity contribution in [2.45, 2.75) is 19.1 Å². The lowest BCUT2D eigenvalue weighted by Gasteiger charge is -2.09. The molecule has 0 amide bonds. The van der Waals surface area contributed by atoms with E-state index in [1.807, 2.05) is 6.92 Å². The van der Waals surface area contributed by atoms with Gasteiger partial charge in [0.15, 0.2) is 0 Å². The lowest BCUT2D eigenvalue weighted by Crippen LogP contribution is -2.07. The fraction of sp³-hybridized carbons (Fsp3) is 0.231. The largest absolute Gasteiger partial charge is 0.416 e. The third-order valence-corrected chi connectivity index (χ3v) is 2.67. The Balaban J connectivity index is 2.10. The zero-order valence-electron chi connectivity index (χ0n) is 10.6. The van der Waals surface area contributed by atoms with Crippen molar-refractivity contribution >= 4 is 11.6 Å². The highest BCUT2D eigenvalue weighted by molar-refractivity contribution is 5.53. The maximum Gasteiger partial charge on any atom is 0.416 e. The second kappa shape index (κ2) is 5.46. The van der Waals surface area contributed by atoms with Crippen LogP contribution in [0.2, 0.25) is 0 Å². The summed E-state index contributed by atoms with van der Waals surface area (Å²) in [6.07, 6.45) is -1.19. The first-order valence-electron chi connectivity index (χ1n) is 5.88. The van der Waals surface area contributed by atoms with Gasteiger partial charge in [0.1, 0.15) is 0 Å². The van der Waals surface area contributed by atoms with Crippen molar-refractivity contribution in [3.05, 3.63) is 47.8 Å². The molecule has 0 aliphatic heterocycles. The minimum Gasteiger partial charge on any atom is -0.324 e. The number of anilines is 2. The van der Waals surface area contributed by atoms with Crippen molar-refractivity contribution in [2.75, 3.05) is 5.32 Å². The molecule has 1 atom stereocenters. The topological polar surface area (TPSA) is 63.8 Å². The molecule has 20 heavy (non-hydrogen) atoms. The average molecular weight is 282 g/mol. The van der Waals surface area contributed by atoms with Gasteiger partial charge in [-0.05, 0) is 31.2 Å². The zero-order chi connectivity index (χ0) is 14.8. The molecule has 1 heterocycles. The first-order valence-corrected chi connectivity index (χ1v) is 5.88. The predicted molar refractivity (Wildman–Crippen MR) is 69.4 cm³/mol. The number of nitrogens with two attached hydrogens (primary N) is 1. The Labute approximate surface area is 113 Å². The molecule has 0 spiro atoms. The molecular formula is C13H13F3N4. The normalized spacial score (nSPS) is 13.1. The Kier molecular flexibility index (Phi) is 3.89. The summed E-state index contributed by atoms with van der Waals surface area (Å²) in [6.45, 7) is 1.81. The molecule has 0 aliphatic carbocycles. The molecule has 2 rings (SSSR count). The molecule has 1 aromatic heterocycles. The monoisotopic (exact) mass is 282 g/mol. The molecule has 0 radical (unpaired) electrons. The van der Waals surface area contributed by atoms with Crippen LogP contribution in [0.25, 0.3) is 0 Å². The van der Waals surface area contributed by atoms with E-state index < -0.39 is 11.7 Å². The number of rotatable bonds is 3. The van der Waals surface area contributed by atoms with Gasteiger partial charge >= 0.3 is 6.18 Å². The molecule has 4 nitrogen and oxygen atoms in total. The van der Waals surface area contributed by atoms with Crippen LogP contribution in [0.1, 0.15) is 24.1 Å². The van der Waals surface area contributed by atoms with Crippen LogP contribution >= 0.6 is 0 Å². The van der Waals surface area contributed by atoms with Gasteiger partial charge in [0, 0.05) is 29.7 Å². The number of nitrogens with one attached hydrogen (secondary N) is 1. The summed E-state index contributed by atoms with van der Waals surface area (Å²) in [5.74, 6) is 0.300. The Hall–Kier alpha value is -2.15. The third-order valence-electron chi connectivity index (χ3n) is 2.67. The van der Waals surface area contributed by atoms with E-state index in [1.54, 1.807) is 12.4 Å². The van der Waals surface area contributed by atoms with Crippen molar-refractivity contribution < 1.29 is 13.2 Å². The summed E-state index contributed by atoms with van der Waals surface area (Å²) in [5, 5.41) is 2.82. The number of alkyl halides is 3. The van der Waals surface area contributed by atoms with Crippen LogP contribution in [0.3, 0.4) is 0 Å². The molecule has 0 fully saturated rings. The lowest BCUT2D eigenvalue weighted by atomic mass is 10.2. The van der Waals surface area contributed by atoms with Crippen LogP contribution in [-0.2, 0) is 6.18 Å². The van der Waals surface area contributed by atoms with E-state index in [9.17, 15) is 13.2 Å². The van der Waals surface area contributed by atoms with Crippen LogP contribution in [0.15, 0.2) is 36.7 Å². The number of benzene rings is 1. The number of hydrogen-bond donors (Lipinski definition) is 2. The third kappa shape index (κ3) is 3.45. The number of aromatic nitrogens is 2. The molecule has 3 N–H and O–H groups in total. The standard InChI is InChI=1S/C13H13F3N4/c1-8(17)9-6-18-12(19-7-9)20-11-4-2-10(3-5-11)13(14,15)16/h2-8H,17H2,1H3,(H,18,19,20). The van der Waals surface area contributed by atoms with E-state index in [-0.39, 0.29) is 6.04 Å². The van der Waals surface area contributed by atoms with Crippen LogP contribution in [0.5, 0.6) is 0 Å². The van der Waals surface area contributed by atoms with Crippen molar-refractivity contribution in [1.29, 1.82) is 0 Å². The molecule has 1 unspecified atom stereocenters. The van der Waals surface area contributed by atoms with Crippen molar-refractivity contribution in [3.63, 3.8) is 0 Å². The van der Waals surface area contributed by atoms with Gasteiger partial charge in [-0.2, -0.15) is 13.2 Å². The van der Waals surface area contributed by atoms with Gasteiger partial charge in [-0.25, -0.2) is 9.97 Å². The van der Waals surface area contributed by atoms with E-state index >= 15 is 0 Å². The Morgan fingerprint density at radius 1 is 1.10 bits per heavy atom. The quantitative estimate of drug-likeness (QED) is 0.907. The van der Waals surface area contributed by atoms with E-state index in [2.05, 4.69) is 15.3 Å². The Morgan fingerprint density at radius 2 is 1.65 bits per heavy atom. The minimum absolute atomic E-state index is 0.171. The first kappa shape index (κ1) is 14.3. The van der Waals surface area contributed by atoms with Gasteiger partial charge in [0.05, 0.1) is 5.56 Å². The Morgan fingerprint density at radius 3 is 2.10 bits per heavy atom. The summed E-state index contributed by atoms with van der Waals surface area (Å²) >= 11 is 0. The van der Waals surface area contributed by atoms with E-state index in [4.69, 9.17) is 5.73 Å². The second-order valence-corrected chi connectivity index (χ2v) is 4.33. The van der Waals surface area contributed by atoms with Crippen molar-refractivity contribution in [1.82, 2.24) is 9.97 Å². The van der Waals surface area contributed by atoms with E-state index in [0.29, 0.717) is 11.6 Å². The Bertz CT molecular complexity index is 562. The number of nitrogens with zero attached hydrogens (tertiary/aromatic N) is 2. The highest BCUT2D eigenvalue weighted by atomic mass is 19.4. The zero-order valence-corrected chi connectivity index (χ0v) is 10.6. The lowest BCUT2D eigenvalue weighted by molar-refractivity contribution is -0.137. The number of halogens is 3. The molecule has 1 aromatic carbocycles. The van der Waals surface area contributed by atoms with Gasteiger partial charge in [-0.3, -0.25) is 0 Å². The maximum atomic E-state index is 12.4. The van der Waals surface area contributed by atoms with E-state index in [0.717, 1.165) is 17.7 Å². The van der Waals surface area contributed by atoms with Gasteiger partial charge < -0.3 is 11.1 Å². The summed E-state index contributed by atoms with van der Waals surface area (Å²) in [4.78, 5) is 8.08. The van der Waals surface area contributed by atoms with Gasteiger partial charge in [0.2, 0.25) is 5.95 Å². The summed E-state index contributed by atoms with van der Waals surface area (Å²) in [7, 11) is 0.